The molecule has 3 rings (SSSR count). The first-order valence-electron chi connectivity index (χ1n) is 7.94. The molecule has 0 bridgehead atoms. The molecular formula is C17H20FNO4. The number of halogens is 1. The molecule has 0 aromatic heterocycles. The van der Waals surface area contributed by atoms with Gasteiger partial charge in [-0.2, -0.15) is 0 Å². The van der Waals surface area contributed by atoms with Crippen LogP contribution in [-0.2, 0) is 4.79 Å². The van der Waals surface area contributed by atoms with Gasteiger partial charge in [-0.05, 0) is 43.2 Å². The monoisotopic (exact) mass is 321 g/mol. The van der Waals surface area contributed by atoms with Crippen molar-refractivity contribution in [2.75, 3.05) is 13.1 Å². The summed E-state index contributed by atoms with van der Waals surface area (Å²) in [6, 6.07) is 2.58. The third kappa shape index (κ3) is 3.46. The predicted molar refractivity (Wildman–Crippen MR) is 81.2 cm³/mol. The summed E-state index contributed by atoms with van der Waals surface area (Å²) in [6.07, 6.45) is 3.39. The Labute approximate surface area is 134 Å². The van der Waals surface area contributed by atoms with Crippen molar-refractivity contribution in [2.45, 2.75) is 44.6 Å². The molecule has 0 spiro atoms. The van der Waals surface area contributed by atoms with Crippen molar-refractivity contribution in [1.29, 1.82) is 0 Å². The second kappa shape index (κ2) is 6.18. The van der Waals surface area contributed by atoms with E-state index in [1.54, 1.807) is 4.90 Å². The molecule has 1 atom stereocenters. The quantitative estimate of drug-likeness (QED) is 0.926. The minimum Gasteiger partial charge on any atom is -0.488 e. The molecule has 23 heavy (non-hydrogen) atoms. The van der Waals surface area contributed by atoms with E-state index in [2.05, 4.69) is 0 Å². The predicted octanol–water partition coefficient (Wildman–Crippen LogP) is 2.79. The number of benzene rings is 1. The number of likely N-dealkylation sites (tertiary alicyclic amines) is 1. The maximum Gasteiger partial charge on any atom is 0.338 e. The molecular weight excluding hydrogens is 301 g/mol. The minimum absolute atomic E-state index is 0.00752. The number of amides is 1. The van der Waals surface area contributed by atoms with Crippen LogP contribution in [0.2, 0.25) is 0 Å². The largest absolute Gasteiger partial charge is 0.488 e. The summed E-state index contributed by atoms with van der Waals surface area (Å²) in [4.78, 5) is 24.3. The summed E-state index contributed by atoms with van der Waals surface area (Å²) >= 11 is 0. The maximum atomic E-state index is 14.0. The molecule has 2 fully saturated rings. The van der Waals surface area contributed by atoms with E-state index in [-0.39, 0.29) is 23.5 Å². The summed E-state index contributed by atoms with van der Waals surface area (Å²) in [5.41, 5.74) is 0.456. The van der Waals surface area contributed by atoms with E-state index in [4.69, 9.17) is 9.84 Å². The van der Waals surface area contributed by atoms with Gasteiger partial charge < -0.3 is 14.7 Å². The number of nitrogens with zero attached hydrogens (tertiary/aromatic N) is 1. The molecule has 1 amide bonds. The number of piperidine rings is 1. The Morgan fingerprint density at radius 3 is 2.65 bits per heavy atom. The van der Waals surface area contributed by atoms with E-state index in [0.717, 1.165) is 37.8 Å². The number of aromatic carboxylic acids is 1. The van der Waals surface area contributed by atoms with Gasteiger partial charge in [0.2, 0.25) is 5.91 Å². The van der Waals surface area contributed by atoms with Gasteiger partial charge in [0.25, 0.3) is 0 Å². The van der Waals surface area contributed by atoms with Gasteiger partial charge >= 0.3 is 5.97 Å². The third-order valence-electron chi connectivity index (χ3n) is 4.46. The molecule has 1 N–H and O–H groups in total. The fourth-order valence-electron chi connectivity index (χ4n) is 3.05. The van der Waals surface area contributed by atoms with Crippen LogP contribution in [0.4, 0.5) is 4.39 Å². The SMILES string of the molecule is CC(=O)N1CCC[C@@H](Oc2cc(F)c(C(=O)O)cc2C2CC2)C1. The van der Waals surface area contributed by atoms with Gasteiger partial charge in [-0.25, -0.2) is 9.18 Å². The van der Waals surface area contributed by atoms with E-state index < -0.39 is 11.8 Å². The lowest BCUT2D eigenvalue weighted by molar-refractivity contribution is -0.131. The van der Waals surface area contributed by atoms with Crippen LogP contribution in [0.5, 0.6) is 5.75 Å². The van der Waals surface area contributed by atoms with Crippen molar-refractivity contribution >= 4 is 11.9 Å². The van der Waals surface area contributed by atoms with E-state index in [1.807, 2.05) is 0 Å². The smallest absolute Gasteiger partial charge is 0.338 e. The van der Waals surface area contributed by atoms with E-state index in [0.29, 0.717) is 12.3 Å². The van der Waals surface area contributed by atoms with Crippen LogP contribution in [0.25, 0.3) is 0 Å². The molecule has 2 aliphatic rings. The molecule has 0 radical (unpaired) electrons. The van der Waals surface area contributed by atoms with Crippen LogP contribution in [0.3, 0.4) is 0 Å². The number of carboxylic acids is 1. The van der Waals surface area contributed by atoms with E-state index >= 15 is 0 Å². The fourth-order valence-corrected chi connectivity index (χ4v) is 3.05. The molecule has 1 aliphatic carbocycles. The highest BCUT2D eigenvalue weighted by Crippen LogP contribution is 2.45. The van der Waals surface area contributed by atoms with Crippen molar-refractivity contribution in [2.24, 2.45) is 0 Å². The number of rotatable bonds is 4. The van der Waals surface area contributed by atoms with Crippen LogP contribution >= 0.6 is 0 Å². The lowest BCUT2D eigenvalue weighted by Gasteiger charge is -2.32. The second-order valence-electron chi connectivity index (χ2n) is 6.30. The number of ether oxygens (including phenoxy) is 1. The number of carbonyl (C=O) groups excluding carboxylic acids is 1. The molecule has 0 unspecified atom stereocenters. The first-order chi connectivity index (χ1) is 11.0. The van der Waals surface area contributed by atoms with Crippen molar-refractivity contribution in [1.82, 2.24) is 4.90 Å². The summed E-state index contributed by atoms with van der Waals surface area (Å²) < 4.78 is 20.0. The Morgan fingerprint density at radius 2 is 2.04 bits per heavy atom. The minimum atomic E-state index is -1.27. The summed E-state index contributed by atoms with van der Waals surface area (Å²) in [6.45, 7) is 2.73. The zero-order chi connectivity index (χ0) is 16.6. The molecule has 1 saturated heterocycles. The molecule has 124 valence electrons. The van der Waals surface area contributed by atoms with Gasteiger partial charge in [0.15, 0.2) is 0 Å². The average molecular weight is 321 g/mol. The number of carboxylic acid groups (broad SMARTS) is 1. The van der Waals surface area contributed by atoms with Crippen LogP contribution in [-0.4, -0.2) is 41.1 Å². The molecule has 6 heteroatoms. The van der Waals surface area contributed by atoms with Gasteiger partial charge in [-0.15, -0.1) is 0 Å². The normalized spacial score (nSPS) is 21.1. The molecule has 1 aromatic carbocycles. The topological polar surface area (TPSA) is 66.8 Å². The lowest BCUT2D eigenvalue weighted by Crippen LogP contribution is -2.43. The Hall–Kier alpha value is -2.11. The Kier molecular flexibility index (Phi) is 4.24. The van der Waals surface area contributed by atoms with Gasteiger partial charge in [0, 0.05) is 19.5 Å². The molecule has 1 aliphatic heterocycles. The number of hydrogen-bond acceptors (Lipinski definition) is 3. The van der Waals surface area contributed by atoms with E-state index in [1.165, 1.54) is 19.1 Å². The van der Waals surface area contributed by atoms with Crippen molar-refractivity contribution in [3.8, 4) is 5.75 Å². The highest BCUT2D eigenvalue weighted by molar-refractivity contribution is 5.88. The van der Waals surface area contributed by atoms with Crippen molar-refractivity contribution in [3.05, 3.63) is 29.1 Å². The highest BCUT2D eigenvalue weighted by Gasteiger charge is 2.31. The maximum absolute atomic E-state index is 14.0. The number of carbonyl (C=O) groups is 2. The van der Waals surface area contributed by atoms with E-state index in [9.17, 15) is 14.0 Å². The van der Waals surface area contributed by atoms with Gasteiger partial charge in [-0.3, -0.25) is 4.79 Å². The average Bonchev–Trinajstić information content (AvgIpc) is 3.32. The van der Waals surface area contributed by atoms with Crippen LogP contribution < -0.4 is 4.74 Å². The van der Waals surface area contributed by atoms with Gasteiger partial charge in [-0.1, -0.05) is 0 Å². The van der Waals surface area contributed by atoms with Crippen molar-refractivity contribution in [3.63, 3.8) is 0 Å². The zero-order valence-corrected chi connectivity index (χ0v) is 13.0. The second-order valence-corrected chi connectivity index (χ2v) is 6.30. The Bertz CT molecular complexity index is 642. The van der Waals surface area contributed by atoms with Crippen LogP contribution in [0.15, 0.2) is 12.1 Å². The van der Waals surface area contributed by atoms with Gasteiger partial charge in [0.05, 0.1) is 12.1 Å². The zero-order valence-electron chi connectivity index (χ0n) is 13.0. The molecule has 1 aromatic rings. The number of hydrogen-bond donors (Lipinski definition) is 1. The highest BCUT2D eigenvalue weighted by atomic mass is 19.1. The molecule has 1 saturated carbocycles. The lowest BCUT2D eigenvalue weighted by atomic mass is 10.0. The summed E-state index contributed by atoms with van der Waals surface area (Å²) in [7, 11) is 0. The van der Waals surface area contributed by atoms with Crippen LogP contribution in [0, 0.1) is 5.82 Å². The Balaban J connectivity index is 1.83. The Morgan fingerprint density at radius 1 is 1.30 bits per heavy atom. The first kappa shape index (κ1) is 15.8. The standard InChI is InChI=1S/C17H20FNO4/c1-10(20)19-6-2-3-12(9-19)23-16-8-15(18)14(17(21)22)7-13(16)11-4-5-11/h7-8,11-12H,2-6,9H2,1H3,(H,21,22)/t12-/m1/s1. The molecule has 1 heterocycles. The summed E-state index contributed by atoms with van der Waals surface area (Å²) in [5.74, 6) is -1.37. The molecule has 5 nitrogen and oxygen atoms in total. The van der Waals surface area contributed by atoms with Gasteiger partial charge in [0.1, 0.15) is 17.7 Å². The first-order valence-corrected chi connectivity index (χ1v) is 7.94. The third-order valence-corrected chi connectivity index (χ3v) is 4.46. The fraction of sp³-hybridized carbons (Fsp3) is 0.529. The van der Waals surface area contributed by atoms with Crippen molar-refractivity contribution < 1.29 is 23.8 Å². The summed E-state index contributed by atoms with van der Waals surface area (Å²) in [5, 5.41) is 9.08. The van der Waals surface area contributed by atoms with Crippen LogP contribution in [0.1, 0.15) is 54.4 Å².